The van der Waals surface area contributed by atoms with Gasteiger partial charge in [0, 0.05) is 18.9 Å². The fraction of sp³-hybridized carbons (Fsp3) is 0.263. The number of aromatic nitrogens is 5. The number of benzene rings is 1. The number of nitrogens with zero attached hydrogens (tertiary/aromatic N) is 5. The Morgan fingerprint density at radius 3 is 2.66 bits per heavy atom. The van der Waals surface area contributed by atoms with E-state index in [2.05, 4.69) is 4.98 Å². The number of halogens is 1. The van der Waals surface area contributed by atoms with Gasteiger partial charge in [0.05, 0.1) is 12.3 Å². The van der Waals surface area contributed by atoms with Gasteiger partial charge in [0.1, 0.15) is 12.4 Å². The first-order valence-electron chi connectivity index (χ1n) is 8.95. The van der Waals surface area contributed by atoms with Crippen LogP contribution in [0.2, 0.25) is 0 Å². The van der Waals surface area contributed by atoms with Gasteiger partial charge >= 0.3 is 11.7 Å². The topological polar surface area (TPSA) is 92.5 Å². The summed E-state index contributed by atoms with van der Waals surface area (Å²) in [7, 11) is 1.46. The van der Waals surface area contributed by atoms with Crippen molar-refractivity contribution in [3.8, 4) is 5.69 Å². The first-order chi connectivity index (χ1) is 13.8. The van der Waals surface area contributed by atoms with E-state index in [-0.39, 0.29) is 29.2 Å². The lowest BCUT2D eigenvalue weighted by molar-refractivity contribution is -0.143. The number of fused-ring (bicyclic) bond motifs is 3. The monoisotopic (exact) mass is 399 g/mol. The second kappa shape index (κ2) is 6.73. The first kappa shape index (κ1) is 18.7. The number of ether oxygens (including phenoxy) is 1. The van der Waals surface area contributed by atoms with Gasteiger partial charge in [-0.05, 0) is 26.0 Å². The lowest BCUT2D eigenvalue weighted by Crippen LogP contribution is -2.41. The highest BCUT2D eigenvalue weighted by atomic mass is 19.1. The van der Waals surface area contributed by atoms with Crippen LogP contribution in [0.3, 0.4) is 0 Å². The summed E-state index contributed by atoms with van der Waals surface area (Å²) in [5, 5.41) is 0. The average Bonchev–Trinajstić information content (AvgIpc) is 3.19. The number of imidazole rings is 2. The van der Waals surface area contributed by atoms with E-state index in [0.717, 1.165) is 4.57 Å². The summed E-state index contributed by atoms with van der Waals surface area (Å²) >= 11 is 0. The summed E-state index contributed by atoms with van der Waals surface area (Å²) in [5.41, 5.74) is -0.193. The van der Waals surface area contributed by atoms with Crippen LogP contribution in [0.25, 0.3) is 22.6 Å². The SMILES string of the molecule is CCOC(=O)Cn1c(=O)c2c(nc3n(-c4ccccc4F)c(C)cn23)n(C)c1=O. The zero-order chi connectivity index (χ0) is 20.9. The molecular weight excluding hydrogens is 381 g/mol. The molecule has 0 aliphatic carbocycles. The van der Waals surface area contributed by atoms with Gasteiger partial charge in [0.15, 0.2) is 11.2 Å². The van der Waals surface area contributed by atoms with Crippen molar-refractivity contribution >= 4 is 22.9 Å². The third-order valence-electron chi connectivity index (χ3n) is 4.71. The molecule has 3 aromatic heterocycles. The predicted molar refractivity (Wildman–Crippen MR) is 103 cm³/mol. The van der Waals surface area contributed by atoms with Crippen molar-refractivity contribution in [2.75, 3.05) is 6.61 Å². The second-order valence-corrected chi connectivity index (χ2v) is 6.55. The van der Waals surface area contributed by atoms with Crippen molar-refractivity contribution in [3.05, 3.63) is 62.8 Å². The van der Waals surface area contributed by atoms with Crippen LogP contribution in [0.1, 0.15) is 12.6 Å². The van der Waals surface area contributed by atoms with Gasteiger partial charge < -0.3 is 4.74 Å². The maximum atomic E-state index is 14.4. The van der Waals surface area contributed by atoms with Crippen molar-refractivity contribution < 1.29 is 13.9 Å². The quantitative estimate of drug-likeness (QED) is 0.480. The highest BCUT2D eigenvalue weighted by Crippen LogP contribution is 2.22. The fourth-order valence-corrected chi connectivity index (χ4v) is 3.42. The molecule has 0 radical (unpaired) electrons. The van der Waals surface area contributed by atoms with Gasteiger partial charge in [-0.3, -0.25) is 23.1 Å². The molecule has 0 saturated heterocycles. The molecule has 0 saturated carbocycles. The average molecular weight is 399 g/mol. The Balaban J connectivity index is 2.05. The van der Waals surface area contributed by atoms with Gasteiger partial charge in [-0.15, -0.1) is 0 Å². The maximum absolute atomic E-state index is 14.4. The molecule has 3 heterocycles. The number of carbonyl (C=O) groups is 1. The summed E-state index contributed by atoms with van der Waals surface area (Å²) < 4.78 is 24.3. The minimum Gasteiger partial charge on any atom is -0.465 e. The summed E-state index contributed by atoms with van der Waals surface area (Å²) in [4.78, 5) is 41.9. The van der Waals surface area contributed by atoms with Crippen LogP contribution in [0, 0.1) is 12.7 Å². The number of para-hydroxylation sites is 1. The molecule has 10 heteroatoms. The normalized spacial score (nSPS) is 11.4. The molecule has 9 nitrogen and oxygen atoms in total. The number of rotatable bonds is 4. The Bertz CT molecular complexity index is 1390. The Kier molecular flexibility index (Phi) is 4.33. The van der Waals surface area contributed by atoms with Gasteiger partial charge in [-0.2, -0.15) is 4.98 Å². The molecule has 0 aliphatic heterocycles. The maximum Gasteiger partial charge on any atom is 0.333 e. The molecule has 0 unspecified atom stereocenters. The van der Waals surface area contributed by atoms with Crippen LogP contribution in [-0.4, -0.2) is 35.7 Å². The molecule has 0 atom stereocenters. The van der Waals surface area contributed by atoms with Crippen LogP contribution in [0.4, 0.5) is 4.39 Å². The third kappa shape index (κ3) is 2.75. The van der Waals surface area contributed by atoms with E-state index < -0.39 is 29.6 Å². The van der Waals surface area contributed by atoms with Crippen LogP contribution in [0.5, 0.6) is 0 Å². The van der Waals surface area contributed by atoms with E-state index in [1.54, 1.807) is 42.8 Å². The number of carbonyl (C=O) groups excluding carboxylic acids is 1. The molecule has 0 N–H and O–H groups in total. The van der Waals surface area contributed by atoms with Crippen LogP contribution >= 0.6 is 0 Å². The molecule has 0 amide bonds. The lowest BCUT2D eigenvalue weighted by Gasteiger charge is -2.07. The molecule has 0 fully saturated rings. The summed E-state index contributed by atoms with van der Waals surface area (Å²) in [6.45, 7) is 3.02. The Labute approximate surface area is 163 Å². The van der Waals surface area contributed by atoms with E-state index in [0.29, 0.717) is 5.69 Å². The Hall–Kier alpha value is -3.69. The summed E-state index contributed by atoms with van der Waals surface area (Å²) in [5.74, 6) is -0.857. The van der Waals surface area contributed by atoms with Crippen LogP contribution < -0.4 is 11.2 Å². The van der Waals surface area contributed by atoms with E-state index in [1.165, 1.54) is 22.1 Å². The number of aryl methyl sites for hydroxylation is 2. The van der Waals surface area contributed by atoms with Crippen LogP contribution in [-0.2, 0) is 23.1 Å². The van der Waals surface area contributed by atoms with Gasteiger partial charge in [-0.1, -0.05) is 12.1 Å². The summed E-state index contributed by atoms with van der Waals surface area (Å²) in [6.07, 6.45) is 1.64. The Morgan fingerprint density at radius 2 is 1.97 bits per heavy atom. The standard InChI is InChI=1S/C19H18FN5O4/c1-4-29-14(26)10-24-17(27)15-16(22(3)19(24)28)21-18-23(15)9-11(2)25(18)13-8-6-5-7-12(13)20/h5-9H,4,10H2,1-3H3. The summed E-state index contributed by atoms with van der Waals surface area (Å²) in [6, 6.07) is 6.20. The van der Waals surface area contributed by atoms with E-state index >= 15 is 0 Å². The zero-order valence-corrected chi connectivity index (χ0v) is 16.0. The first-order valence-corrected chi connectivity index (χ1v) is 8.95. The second-order valence-electron chi connectivity index (χ2n) is 6.55. The lowest BCUT2D eigenvalue weighted by atomic mass is 10.3. The number of esters is 1. The van der Waals surface area contributed by atoms with E-state index in [9.17, 15) is 18.8 Å². The van der Waals surface area contributed by atoms with Crippen molar-refractivity contribution in [3.63, 3.8) is 0 Å². The van der Waals surface area contributed by atoms with Crippen molar-refractivity contribution in [1.29, 1.82) is 0 Å². The van der Waals surface area contributed by atoms with E-state index in [1.807, 2.05) is 0 Å². The zero-order valence-electron chi connectivity index (χ0n) is 16.0. The highest BCUT2D eigenvalue weighted by Gasteiger charge is 2.22. The van der Waals surface area contributed by atoms with Gasteiger partial charge in [0.25, 0.3) is 5.56 Å². The molecule has 4 rings (SSSR count). The molecule has 150 valence electrons. The minimum absolute atomic E-state index is 0.115. The molecule has 0 aliphatic rings. The fourth-order valence-electron chi connectivity index (χ4n) is 3.42. The molecular formula is C19H18FN5O4. The smallest absolute Gasteiger partial charge is 0.333 e. The molecule has 0 spiro atoms. The predicted octanol–water partition coefficient (Wildman–Crippen LogP) is 1.15. The number of hydrogen-bond acceptors (Lipinski definition) is 5. The Morgan fingerprint density at radius 1 is 1.24 bits per heavy atom. The molecule has 29 heavy (non-hydrogen) atoms. The van der Waals surface area contributed by atoms with E-state index in [4.69, 9.17) is 4.74 Å². The highest BCUT2D eigenvalue weighted by molar-refractivity contribution is 5.77. The molecule has 1 aromatic carbocycles. The van der Waals surface area contributed by atoms with Crippen molar-refractivity contribution in [1.82, 2.24) is 23.1 Å². The molecule has 0 bridgehead atoms. The van der Waals surface area contributed by atoms with Gasteiger partial charge in [-0.25, -0.2) is 13.8 Å². The third-order valence-corrected chi connectivity index (χ3v) is 4.71. The minimum atomic E-state index is -0.689. The molecule has 4 aromatic rings. The van der Waals surface area contributed by atoms with Crippen LogP contribution in [0.15, 0.2) is 40.1 Å². The van der Waals surface area contributed by atoms with Gasteiger partial charge in [0.2, 0.25) is 5.78 Å². The van der Waals surface area contributed by atoms with Crippen molar-refractivity contribution in [2.45, 2.75) is 20.4 Å². The van der Waals surface area contributed by atoms with Crippen molar-refractivity contribution in [2.24, 2.45) is 7.05 Å². The number of hydrogen-bond donors (Lipinski definition) is 0. The largest absolute Gasteiger partial charge is 0.465 e.